The molecule has 4 nitrogen and oxygen atoms in total. The molecular weight excluding hydrogens is 284 g/mol. The summed E-state index contributed by atoms with van der Waals surface area (Å²) in [7, 11) is -1.55. The van der Waals surface area contributed by atoms with Crippen LogP contribution in [0.5, 0.6) is 0 Å². The van der Waals surface area contributed by atoms with Crippen LogP contribution >= 0.6 is 0 Å². The van der Waals surface area contributed by atoms with Gasteiger partial charge in [-0.3, -0.25) is 0 Å². The molecule has 0 bridgehead atoms. The molecular formula is C16H32N2O2S. The Morgan fingerprint density at radius 2 is 1.33 bits per heavy atom. The molecule has 1 N–H and O–H groups in total. The van der Waals surface area contributed by atoms with E-state index in [-0.39, 0.29) is 6.04 Å². The van der Waals surface area contributed by atoms with Gasteiger partial charge in [-0.25, -0.2) is 4.72 Å². The summed E-state index contributed by atoms with van der Waals surface area (Å²) in [4.78, 5) is 0. The zero-order valence-electron chi connectivity index (χ0n) is 13.5. The van der Waals surface area contributed by atoms with Gasteiger partial charge in [-0.2, -0.15) is 12.7 Å². The first-order valence-corrected chi connectivity index (χ1v) is 10.3. The molecule has 2 saturated carbocycles. The summed E-state index contributed by atoms with van der Waals surface area (Å²) in [6, 6.07) is 0.202. The first-order chi connectivity index (χ1) is 10.1. The summed E-state index contributed by atoms with van der Waals surface area (Å²) >= 11 is 0. The lowest BCUT2D eigenvalue weighted by molar-refractivity contribution is 0.280. The van der Waals surface area contributed by atoms with Gasteiger partial charge >= 0.3 is 0 Å². The van der Waals surface area contributed by atoms with E-state index in [4.69, 9.17) is 0 Å². The van der Waals surface area contributed by atoms with E-state index in [0.29, 0.717) is 12.5 Å². The molecule has 0 spiro atoms. The molecule has 0 aromatic carbocycles. The SMILES string of the molecule is CN(C1CCCCC1)S(=O)(=O)NCC1CCCCCCC1. The number of nitrogens with zero attached hydrogens (tertiary/aromatic N) is 1. The van der Waals surface area contributed by atoms with Gasteiger partial charge in [0.05, 0.1) is 0 Å². The fourth-order valence-electron chi connectivity index (χ4n) is 3.71. The van der Waals surface area contributed by atoms with Crippen molar-refractivity contribution in [2.75, 3.05) is 13.6 Å². The van der Waals surface area contributed by atoms with Crippen molar-refractivity contribution in [3.05, 3.63) is 0 Å². The summed E-state index contributed by atoms with van der Waals surface area (Å²) in [6.07, 6.45) is 14.4. The third kappa shape index (κ3) is 5.53. The predicted octanol–water partition coefficient (Wildman–Crippen LogP) is 3.45. The Morgan fingerprint density at radius 1 is 0.857 bits per heavy atom. The van der Waals surface area contributed by atoms with Gasteiger partial charge in [0.2, 0.25) is 0 Å². The predicted molar refractivity (Wildman–Crippen MR) is 87.4 cm³/mol. The van der Waals surface area contributed by atoms with E-state index in [0.717, 1.165) is 25.7 Å². The number of rotatable bonds is 5. The van der Waals surface area contributed by atoms with Crippen LogP contribution < -0.4 is 4.72 Å². The van der Waals surface area contributed by atoms with Crippen LogP contribution in [0, 0.1) is 5.92 Å². The molecule has 21 heavy (non-hydrogen) atoms. The molecule has 2 rings (SSSR count). The molecule has 0 aromatic heterocycles. The van der Waals surface area contributed by atoms with Gasteiger partial charge in [0.15, 0.2) is 0 Å². The van der Waals surface area contributed by atoms with Crippen molar-refractivity contribution in [3.63, 3.8) is 0 Å². The first kappa shape index (κ1) is 17.2. The molecule has 124 valence electrons. The Hall–Kier alpha value is -0.130. The van der Waals surface area contributed by atoms with E-state index in [1.54, 1.807) is 11.4 Å². The highest BCUT2D eigenvalue weighted by Crippen LogP contribution is 2.24. The van der Waals surface area contributed by atoms with E-state index >= 15 is 0 Å². The summed E-state index contributed by atoms with van der Waals surface area (Å²) in [5.41, 5.74) is 0. The van der Waals surface area contributed by atoms with Crippen LogP contribution in [0.4, 0.5) is 0 Å². The number of hydrogen-bond acceptors (Lipinski definition) is 2. The minimum atomic E-state index is -3.30. The van der Waals surface area contributed by atoms with Crippen LogP contribution in [0.2, 0.25) is 0 Å². The Kier molecular flexibility index (Phi) is 6.96. The molecule has 2 fully saturated rings. The quantitative estimate of drug-likeness (QED) is 0.844. The highest BCUT2D eigenvalue weighted by molar-refractivity contribution is 7.87. The van der Waals surface area contributed by atoms with Crippen molar-refractivity contribution < 1.29 is 8.42 Å². The molecule has 0 heterocycles. The minimum absolute atomic E-state index is 0.202. The molecule has 2 aliphatic carbocycles. The molecule has 2 aliphatic rings. The molecule has 0 unspecified atom stereocenters. The molecule has 0 radical (unpaired) electrons. The normalized spacial score (nSPS) is 23.9. The van der Waals surface area contributed by atoms with Crippen LogP contribution in [-0.4, -0.2) is 32.4 Å². The Bertz CT molecular complexity index is 383. The second kappa shape index (κ2) is 8.49. The average molecular weight is 317 g/mol. The fourth-order valence-corrected chi connectivity index (χ4v) is 4.96. The van der Waals surface area contributed by atoms with Gasteiger partial charge < -0.3 is 0 Å². The summed E-state index contributed by atoms with van der Waals surface area (Å²) < 4.78 is 29.3. The van der Waals surface area contributed by atoms with Crippen molar-refractivity contribution in [2.24, 2.45) is 5.92 Å². The van der Waals surface area contributed by atoms with Gasteiger partial charge in [-0.15, -0.1) is 0 Å². The third-order valence-corrected chi connectivity index (χ3v) is 6.84. The van der Waals surface area contributed by atoms with Gasteiger partial charge in [-0.1, -0.05) is 51.4 Å². The Balaban J connectivity index is 1.81. The molecule has 0 amide bonds. The average Bonchev–Trinajstić information content (AvgIpc) is 2.46. The second-order valence-corrected chi connectivity index (χ2v) is 8.69. The zero-order chi connectivity index (χ0) is 15.1. The summed E-state index contributed by atoms with van der Waals surface area (Å²) in [5.74, 6) is 0.528. The van der Waals surface area contributed by atoms with Crippen molar-refractivity contribution in [2.45, 2.75) is 83.1 Å². The van der Waals surface area contributed by atoms with Crippen LogP contribution in [0.3, 0.4) is 0 Å². The second-order valence-electron chi connectivity index (χ2n) is 6.87. The topological polar surface area (TPSA) is 49.4 Å². The van der Waals surface area contributed by atoms with Crippen LogP contribution in [-0.2, 0) is 10.2 Å². The van der Waals surface area contributed by atoms with E-state index in [9.17, 15) is 8.42 Å². The minimum Gasteiger partial charge on any atom is -0.202 e. The molecule has 5 heteroatoms. The maximum atomic E-state index is 12.4. The maximum Gasteiger partial charge on any atom is 0.279 e. The highest BCUT2D eigenvalue weighted by atomic mass is 32.2. The standard InChI is InChI=1S/C16H32N2O2S/c1-18(16-12-8-5-9-13-16)21(19,20)17-14-15-10-6-3-2-4-7-11-15/h15-17H,2-14H2,1H3. The van der Waals surface area contributed by atoms with Crippen LogP contribution in [0.15, 0.2) is 0 Å². The summed E-state index contributed by atoms with van der Waals surface area (Å²) in [5, 5.41) is 0. The molecule has 0 aromatic rings. The molecule has 0 aliphatic heterocycles. The maximum absolute atomic E-state index is 12.4. The lowest BCUT2D eigenvalue weighted by atomic mass is 9.91. The molecule has 0 atom stereocenters. The highest BCUT2D eigenvalue weighted by Gasteiger charge is 2.27. The van der Waals surface area contributed by atoms with Gasteiger partial charge in [-0.05, 0) is 31.6 Å². The lowest BCUT2D eigenvalue weighted by Gasteiger charge is -2.31. The van der Waals surface area contributed by atoms with Crippen molar-refractivity contribution in [1.82, 2.24) is 9.03 Å². The van der Waals surface area contributed by atoms with E-state index in [2.05, 4.69) is 4.72 Å². The van der Waals surface area contributed by atoms with Gasteiger partial charge in [0.1, 0.15) is 0 Å². The van der Waals surface area contributed by atoms with Crippen molar-refractivity contribution in [1.29, 1.82) is 0 Å². The van der Waals surface area contributed by atoms with Gasteiger partial charge in [0.25, 0.3) is 10.2 Å². The van der Waals surface area contributed by atoms with Gasteiger partial charge in [0, 0.05) is 19.6 Å². The smallest absolute Gasteiger partial charge is 0.202 e. The van der Waals surface area contributed by atoms with Crippen molar-refractivity contribution in [3.8, 4) is 0 Å². The number of nitrogens with one attached hydrogen (secondary N) is 1. The van der Waals surface area contributed by atoms with E-state index < -0.39 is 10.2 Å². The summed E-state index contributed by atoms with van der Waals surface area (Å²) in [6.45, 7) is 0.624. The Labute approximate surface area is 130 Å². The van der Waals surface area contributed by atoms with Crippen LogP contribution in [0.25, 0.3) is 0 Å². The van der Waals surface area contributed by atoms with E-state index in [1.165, 1.54) is 51.4 Å². The third-order valence-electron chi connectivity index (χ3n) is 5.25. The fraction of sp³-hybridized carbons (Fsp3) is 1.00. The number of hydrogen-bond donors (Lipinski definition) is 1. The monoisotopic (exact) mass is 316 g/mol. The van der Waals surface area contributed by atoms with Crippen molar-refractivity contribution >= 4 is 10.2 Å². The zero-order valence-corrected chi connectivity index (χ0v) is 14.3. The lowest BCUT2D eigenvalue weighted by Crippen LogP contribution is -2.46. The largest absolute Gasteiger partial charge is 0.279 e. The Morgan fingerprint density at radius 3 is 1.95 bits per heavy atom. The van der Waals surface area contributed by atoms with Crippen LogP contribution in [0.1, 0.15) is 77.0 Å². The molecule has 0 saturated heterocycles. The van der Waals surface area contributed by atoms with E-state index in [1.807, 2.05) is 0 Å². The first-order valence-electron chi connectivity index (χ1n) is 8.82.